The van der Waals surface area contributed by atoms with E-state index in [1.807, 2.05) is 6.07 Å². The zero-order valence-corrected chi connectivity index (χ0v) is 30.9. The van der Waals surface area contributed by atoms with E-state index in [-0.39, 0.29) is 0 Å². The lowest BCUT2D eigenvalue weighted by Gasteiger charge is -2.19. The second-order valence-electron chi connectivity index (χ2n) is 14.5. The lowest BCUT2D eigenvalue weighted by Crippen LogP contribution is -1.95. The van der Waals surface area contributed by atoms with E-state index in [0.29, 0.717) is 5.89 Å². The fourth-order valence-corrected chi connectivity index (χ4v) is 8.42. The van der Waals surface area contributed by atoms with Gasteiger partial charge in [-0.2, -0.15) is 0 Å². The quantitative estimate of drug-likeness (QED) is 0.171. The van der Waals surface area contributed by atoms with Crippen molar-refractivity contribution in [2.45, 2.75) is 0 Å². The van der Waals surface area contributed by atoms with E-state index in [9.17, 15) is 0 Å². The number of nitrogens with zero attached hydrogens (tertiary/aromatic N) is 2. The summed E-state index contributed by atoms with van der Waals surface area (Å²) in [4.78, 5) is 10.6. The third-order valence-electron chi connectivity index (χ3n) is 11.1. The number of hydrogen-bond acceptors (Lipinski definition) is 3. The van der Waals surface area contributed by atoms with Gasteiger partial charge in [0.15, 0.2) is 5.58 Å². The Kier molecular flexibility index (Phi) is 7.82. The van der Waals surface area contributed by atoms with Crippen LogP contribution in [-0.4, -0.2) is 9.97 Å². The molecule has 0 amide bonds. The van der Waals surface area contributed by atoms with Crippen LogP contribution in [0.25, 0.3) is 111 Å². The maximum Gasteiger partial charge on any atom is 0.227 e. The Morgan fingerprint density at radius 2 is 0.912 bits per heavy atom. The molecule has 0 unspecified atom stereocenters. The molecule has 0 aliphatic rings. The number of fused-ring (bicyclic) bond motifs is 4. The van der Waals surface area contributed by atoms with Gasteiger partial charge in [-0.15, -0.1) is 0 Å². The largest absolute Gasteiger partial charge is 0.436 e. The van der Waals surface area contributed by atoms with Crippen LogP contribution in [0.2, 0.25) is 0 Å². The Labute approximate surface area is 330 Å². The maximum atomic E-state index is 6.67. The van der Waals surface area contributed by atoms with Crippen molar-refractivity contribution in [1.82, 2.24) is 9.97 Å². The molecular formula is C54H34N2O. The number of pyridine rings is 1. The highest BCUT2D eigenvalue weighted by atomic mass is 16.3. The van der Waals surface area contributed by atoms with Crippen LogP contribution in [0.5, 0.6) is 0 Å². The van der Waals surface area contributed by atoms with Gasteiger partial charge in [0.2, 0.25) is 5.89 Å². The van der Waals surface area contributed by atoms with Gasteiger partial charge in [-0.05, 0) is 90.8 Å². The summed E-state index contributed by atoms with van der Waals surface area (Å²) < 4.78 is 6.67. The molecule has 9 aromatic carbocycles. The van der Waals surface area contributed by atoms with Gasteiger partial charge in [-0.1, -0.05) is 176 Å². The first kappa shape index (κ1) is 32.8. The Bertz CT molecular complexity index is 3270. The summed E-state index contributed by atoms with van der Waals surface area (Å²) in [7, 11) is 0. The molecule has 57 heavy (non-hydrogen) atoms. The molecule has 2 heterocycles. The minimum atomic E-state index is 0.595. The minimum absolute atomic E-state index is 0.595. The van der Waals surface area contributed by atoms with E-state index in [4.69, 9.17) is 14.4 Å². The van der Waals surface area contributed by atoms with Crippen molar-refractivity contribution in [1.29, 1.82) is 0 Å². The summed E-state index contributed by atoms with van der Waals surface area (Å²) in [6.45, 7) is 0. The zero-order chi connectivity index (χ0) is 37.7. The van der Waals surface area contributed by atoms with Crippen LogP contribution in [0.3, 0.4) is 0 Å². The maximum absolute atomic E-state index is 6.67. The van der Waals surface area contributed by atoms with E-state index < -0.39 is 0 Å². The van der Waals surface area contributed by atoms with Crippen molar-refractivity contribution in [3.05, 3.63) is 206 Å². The van der Waals surface area contributed by atoms with E-state index in [1.165, 1.54) is 10.9 Å². The van der Waals surface area contributed by atoms with Crippen molar-refractivity contribution in [2.24, 2.45) is 0 Å². The summed E-state index contributed by atoms with van der Waals surface area (Å²) in [5.41, 5.74) is 14.5. The smallest absolute Gasteiger partial charge is 0.227 e. The third-order valence-corrected chi connectivity index (χ3v) is 11.1. The zero-order valence-electron chi connectivity index (χ0n) is 30.9. The standard InChI is InChI=1S/C54H34N2O/c1-3-15-35(16-4-1)36-27-29-39(30-28-36)54-56-53-50(57-54)33-40-20-8-10-22-42(40)52(53)46-32-31-38-19-7-9-21-41(38)51(46)45-25-12-11-23-43(45)49-34-47(37-17-5-2-6-18-37)44-24-13-14-26-48(44)55-49/h1-34H. The predicted molar refractivity (Wildman–Crippen MR) is 237 cm³/mol. The molecule has 2 aromatic heterocycles. The molecule has 0 saturated heterocycles. The van der Waals surface area contributed by atoms with Crippen molar-refractivity contribution in [2.75, 3.05) is 0 Å². The Hall–Kier alpha value is -7.62. The average molecular weight is 727 g/mol. The van der Waals surface area contributed by atoms with E-state index >= 15 is 0 Å². The van der Waals surface area contributed by atoms with Crippen molar-refractivity contribution < 1.29 is 4.42 Å². The Morgan fingerprint density at radius 3 is 1.68 bits per heavy atom. The average Bonchev–Trinajstić information content (AvgIpc) is 3.72. The molecule has 0 bridgehead atoms. The Balaban J connectivity index is 1.16. The van der Waals surface area contributed by atoms with Gasteiger partial charge in [-0.25, -0.2) is 9.97 Å². The first-order chi connectivity index (χ1) is 28.3. The van der Waals surface area contributed by atoms with Gasteiger partial charge < -0.3 is 4.42 Å². The second kappa shape index (κ2) is 13.6. The van der Waals surface area contributed by atoms with Crippen molar-refractivity contribution in [3.63, 3.8) is 0 Å². The molecule has 0 saturated carbocycles. The summed E-state index contributed by atoms with van der Waals surface area (Å²) >= 11 is 0. The van der Waals surface area contributed by atoms with E-state index in [1.54, 1.807) is 0 Å². The molecule has 266 valence electrons. The second-order valence-corrected chi connectivity index (χ2v) is 14.5. The van der Waals surface area contributed by atoms with Gasteiger partial charge >= 0.3 is 0 Å². The van der Waals surface area contributed by atoms with Crippen molar-refractivity contribution in [3.8, 4) is 67.2 Å². The molecule has 0 aliphatic heterocycles. The highest BCUT2D eigenvalue weighted by molar-refractivity contribution is 6.17. The molecule has 0 spiro atoms. The fraction of sp³-hybridized carbons (Fsp3) is 0. The molecule has 0 N–H and O–H groups in total. The van der Waals surface area contributed by atoms with Crippen LogP contribution in [0.15, 0.2) is 211 Å². The molecule has 0 atom stereocenters. The van der Waals surface area contributed by atoms with Crippen LogP contribution >= 0.6 is 0 Å². The van der Waals surface area contributed by atoms with E-state index in [0.717, 1.165) is 93.9 Å². The number of para-hydroxylation sites is 1. The normalized spacial score (nSPS) is 11.5. The van der Waals surface area contributed by atoms with Crippen LogP contribution in [0.1, 0.15) is 0 Å². The highest BCUT2D eigenvalue weighted by Gasteiger charge is 2.23. The van der Waals surface area contributed by atoms with Crippen LogP contribution < -0.4 is 0 Å². The first-order valence-corrected chi connectivity index (χ1v) is 19.3. The number of aromatic nitrogens is 2. The molecule has 3 nitrogen and oxygen atoms in total. The van der Waals surface area contributed by atoms with Gasteiger partial charge in [0.25, 0.3) is 0 Å². The lowest BCUT2D eigenvalue weighted by atomic mass is 9.85. The SMILES string of the molecule is c1ccc(-c2ccc(-c3nc4c(-c5ccc6ccccc6c5-c5ccccc5-c5cc(-c6ccccc6)c6ccccc6n5)c5ccccc5cc4o3)cc2)cc1. The summed E-state index contributed by atoms with van der Waals surface area (Å²) in [5, 5.41) is 5.67. The Morgan fingerprint density at radius 1 is 0.333 bits per heavy atom. The van der Waals surface area contributed by atoms with E-state index in [2.05, 4.69) is 200 Å². The molecule has 3 heteroatoms. The van der Waals surface area contributed by atoms with Crippen LogP contribution in [0, 0.1) is 0 Å². The summed E-state index contributed by atoms with van der Waals surface area (Å²) in [6, 6.07) is 72.8. The first-order valence-electron chi connectivity index (χ1n) is 19.3. The van der Waals surface area contributed by atoms with Gasteiger partial charge in [0, 0.05) is 22.1 Å². The number of oxazole rings is 1. The predicted octanol–water partition coefficient (Wildman–Crippen LogP) is 14.7. The summed E-state index contributed by atoms with van der Waals surface area (Å²) in [6.07, 6.45) is 0. The molecular weight excluding hydrogens is 693 g/mol. The topological polar surface area (TPSA) is 38.9 Å². The van der Waals surface area contributed by atoms with Gasteiger partial charge in [-0.3, -0.25) is 0 Å². The lowest BCUT2D eigenvalue weighted by molar-refractivity contribution is 0.620. The molecule has 0 fully saturated rings. The number of rotatable bonds is 6. The van der Waals surface area contributed by atoms with Gasteiger partial charge in [0.1, 0.15) is 5.52 Å². The molecule has 0 radical (unpaired) electrons. The summed E-state index contributed by atoms with van der Waals surface area (Å²) in [5.74, 6) is 0.595. The van der Waals surface area contributed by atoms with Crippen molar-refractivity contribution >= 4 is 43.5 Å². The monoisotopic (exact) mass is 726 g/mol. The molecule has 0 aliphatic carbocycles. The highest BCUT2D eigenvalue weighted by Crippen LogP contribution is 2.47. The number of hydrogen-bond donors (Lipinski definition) is 0. The minimum Gasteiger partial charge on any atom is -0.436 e. The van der Waals surface area contributed by atoms with Crippen LogP contribution in [-0.2, 0) is 0 Å². The molecule has 11 aromatic rings. The third kappa shape index (κ3) is 5.68. The fourth-order valence-electron chi connectivity index (χ4n) is 8.42. The number of benzene rings is 9. The van der Waals surface area contributed by atoms with Crippen LogP contribution in [0.4, 0.5) is 0 Å². The van der Waals surface area contributed by atoms with Gasteiger partial charge in [0.05, 0.1) is 11.2 Å². The molecule has 11 rings (SSSR count).